The largest absolute Gasteiger partial charge is 0.398 e. The van der Waals surface area contributed by atoms with Crippen molar-refractivity contribution < 1.29 is 0 Å². The number of nitrogens with two attached hydrogens (primary N) is 1. The van der Waals surface area contributed by atoms with Gasteiger partial charge in [0.25, 0.3) is 0 Å². The molecule has 0 aliphatic carbocycles. The lowest BCUT2D eigenvalue weighted by Gasteiger charge is -2.09. The Labute approximate surface area is 116 Å². The monoisotopic (exact) mass is 268 g/mol. The molecule has 3 rings (SSSR count). The van der Waals surface area contributed by atoms with Crippen molar-refractivity contribution in [2.75, 3.05) is 5.73 Å². The van der Waals surface area contributed by atoms with E-state index in [4.69, 9.17) is 5.73 Å². The van der Waals surface area contributed by atoms with Crippen molar-refractivity contribution in [1.29, 1.82) is 0 Å². The van der Waals surface area contributed by atoms with Crippen LogP contribution in [0.2, 0.25) is 0 Å². The lowest BCUT2D eigenvalue weighted by molar-refractivity contribution is 0.639. The normalized spacial score (nSPS) is 10.8. The van der Waals surface area contributed by atoms with E-state index < -0.39 is 0 Å². The van der Waals surface area contributed by atoms with Gasteiger partial charge in [-0.15, -0.1) is 0 Å². The van der Waals surface area contributed by atoms with Crippen molar-refractivity contribution >= 4 is 5.69 Å². The van der Waals surface area contributed by atoms with Crippen molar-refractivity contribution in [3.8, 4) is 11.3 Å². The van der Waals surface area contributed by atoms with Gasteiger partial charge < -0.3 is 10.3 Å². The first-order valence-electron chi connectivity index (χ1n) is 6.42. The third-order valence-corrected chi connectivity index (χ3v) is 3.37. The molecule has 0 aromatic carbocycles. The average molecular weight is 268 g/mol. The van der Waals surface area contributed by atoms with E-state index in [0.717, 1.165) is 24.2 Å². The Morgan fingerprint density at radius 2 is 2.05 bits per heavy atom. The summed E-state index contributed by atoms with van der Waals surface area (Å²) in [5.74, 6) is 0. The molecule has 0 radical (unpaired) electrons. The van der Waals surface area contributed by atoms with Gasteiger partial charge in [0.05, 0.1) is 18.2 Å². The number of anilines is 1. The third-order valence-electron chi connectivity index (χ3n) is 3.37. The molecule has 2 N–H and O–H groups in total. The molecule has 0 unspecified atom stereocenters. The Morgan fingerprint density at radius 3 is 2.80 bits per heavy atom. The van der Waals surface area contributed by atoms with Crippen LogP contribution in [0.3, 0.4) is 0 Å². The van der Waals surface area contributed by atoms with Crippen LogP contribution >= 0.6 is 0 Å². The SMILES string of the molecule is Cn1nccc1CCn1cncc1-c1cnccc1N. The molecular formula is C14H16N6. The summed E-state index contributed by atoms with van der Waals surface area (Å²) in [7, 11) is 1.95. The lowest BCUT2D eigenvalue weighted by atomic mass is 10.2. The smallest absolute Gasteiger partial charge is 0.0951 e. The highest BCUT2D eigenvalue weighted by Crippen LogP contribution is 2.24. The number of imidazole rings is 1. The maximum absolute atomic E-state index is 6.00. The summed E-state index contributed by atoms with van der Waals surface area (Å²) >= 11 is 0. The van der Waals surface area contributed by atoms with Crippen LogP contribution in [0.4, 0.5) is 5.69 Å². The molecule has 0 amide bonds. The van der Waals surface area contributed by atoms with E-state index in [0.29, 0.717) is 5.69 Å². The van der Waals surface area contributed by atoms with E-state index in [1.165, 1.54) is 5.69 Å². The number of nitrogens with zero attached hydrogens (tertiary/aromatic N) is 5. The molecule has 20 heavy (non-hydrogen) atoms. The van der Waals surface area contributed by atoms with Crippen LogP contribution in [0.25, 0.3) is 11.3 Å². The second-order valence-corrected chi connectivity index (χ2v) is 4.63. The first-order valence-corrected chi connectivity index (χ1v) is 6.42. The van der Waals surface area contributed by atoms with Crippen molar-refractivity contribution in [1.82, 2.24) is 24.3 Å². The molecule has 6 nitrogen and oxygen atoms in total. The molecule has 0 aliphatic rings. The van der Waals surface area contributed by atoms with E-state index in [-0.39, 0.29) is 0 Å². The fourth-order valence-electron chi connectivity index (χ4n) is 2.22. The third kappa shape index (κ3) is 2.27. The zero-order valence-electron chi connectivity index (χ0n) is 11.3. The van der Waals surface area contributed by atoms with Crippen molar-refractivity contribution in [3.05, 3.63) is 48.9 Å². The quantitative estimate of drug-likeness (QED) is 0.778. The Balaban J connectivity index is 1.84. The van der Waals surface area contributed by atoms with Crippen LogP contribution < -0.4 is 5.73 Å². The van der Waals surface area contributed by atoms with Crippen molar-refractivity contribution in [2.45, 2.75) is 13.0 Å². The van der Waals surface area contributed by atoms with Crippen LogP contribution in [0.1, 0.15) is 5.69 Å². The van der Waals surface area contributed by atoms with Gasteiger partial charge in [0.1, 0.15) is 0 Å². The summed E-state index contributed by atoms with van der Waals surface area (Å²) in [6.45, 7) is 0.823. The van der Waals surface area contributed by atoms with Gasteiger partial charge in [-0.1, -0.05) is 0 Å². The zero-order chi connectivity index (χ0) is 13.9. The second kappa shape index (κ2) is 5.16. The summed E-state index contributed by atoms with van der Waals surface area (Å²) in [4.78, 5) is 8.35. The van der Waals surface area contributed by atoms with Crippen molar-refractivity contribution in [3.63, 3.8) is 0 Å². The van der Waals surface area contributed by atoms with Gasteiger partial charge >= 0.3 is 0 Å². The van der Waals surface area contributed by atoms with Crippen LogP contribution in [0, 0.1) is 0 Å². The lowest BCUT2D eigenvalue weighted by Crippen LogP contribution is -2.06. The van der Waals surface area contributed by atoms with Crippen LogP contribution in [-0.2, 0) is 20.0 Å². The van der Waals surface area contributed by atoms with E-state index in [2.05, 4.69) is 19.6 Å². The number of aryl methyl sites for hydroxylation is 3. The molecule has 0 bridgehead atoms. The molecule has 0 aliphatic heterocycles. The maximum atomic E-state index is 6.00. The van der Waals surface area contributed by atoms with Crippen LogP contribution in [0.15, 0.2) is 43.2 Å². The molecule has 3 heterocycles. The Bertz CT molecular complexity index is 712. The van der Waals surface area contributed by atoms with Gasteiger partial charge in [0, 0.05) is 55.5 Å². The van der Waals surface area contributed by atoms with Crippen LogP contribution in [0.5, 0.6) is 0 Å². The van der Waals surface area contributed by atoms with Gasteiger partial charge in [-0.25, -0.2) is 4.98 Å². The summed E-state index contributed by atoms with van der Waals surface area (Å²) in [6, 6.07) is 3.82. The molecule has 0 spiro atoms. The summed E-state index contributed by atoms with van der Waals surface area (Å²) < 4.78 is 3.97. The Hall–Kier alpha value is -2.63. The molecule has 0 fully saturated rings. The van der Waals surface area contributed by atoms with E-state index in [1.807, 2.05) is 36.5 Å². The summed E-state index contributed by atoms with van der Waals surface area (Å²) in [5.41, 5.74) is 9.79. The standard InChI is InChI=1S/C14H16N6/c1-19-11(2-6-18-19)4-7-20-10-17-9-14(20)12-8-16-5-3-13(12)15/h2-3,5-6,8-10H,4,7H2,1H3,(H2,15,16). The Kier molecular flexibility index (Phi) is 3.20. The van der Waals surface area contributed by atoms with E-state index in [9.17, 15) is 0 Å². The summed E-state index contributed by atoms with van der Waals surface area (Å²) in [5, 5.41) is 4.17. The number of aromatic nitrogens is 5. The van der Waals surface area contributed by atoms with Crippen LogP contribution in [-0.4, -0.2) is 24.3 Å². The minimum atomic E-state index is 0.710. The molecule has 3 aromatic heterocycles. The minimum absolute atomic E-state index is 0.710. The van der Waals surface area contributed by atoms with Crippen molar-refractivity contribution in [2.24, 2.45) is 7.05 Å². The van der Waals surface area contributed by atoms with Gasteiger partial charge in [-0.05, 0) is 12.1 Å². The highest BCUT2D eigenvalue weighted by Gasteiger charge is 2.09. The van der Waals surface area contributed by atoms with E-state index in [1.54, 1.807) is 18.5 Å². The van der Waals surface area contributed by atoms with Gasteiger partial charge in [0.15, 0.2) is 0 Å². The number of hydrogen-bond acceptors (Lipinski definition) is 4. The first-order chi connectivity index (χ1) is 9.75. The fourth-order valence-corrected chi connectivity index (χ4v) is 2.22. The fraction of sp³-hybridized carbons (Fsp3) is 0.214. The predicted molar refractivity (Wildman–Crippen MR) is 76.8 cm³/mol. The average Bonchev–Trinajstić information content (AvgIpc) is 3.06. The predicted octanol–water partition coefficient (Wildman–Crippen LogP) is 1.50. The maximum Gasteiger partial charge on any atom is 0.0951 e. The highest BCUT2D eigenvalue weighted by atomic mass is 15.3. The minimum Gasteiger partial charge on any atom is -0.398 e. The molecule has 6 heteroatoms. The molecule has 0 saturated heterocycles. The zero-order valence-corrected chi connectivity index (χ0v) is 11.3. The van der Waals surface area contributed by atoms with Gasteiger partial charge in [-0.2, -0.15) is 5.10 Å². The molecular weight excluding hydrogens is 252 g/mol. The van der Waals surface area contributed by atoms with Gasteiger partial charge in [-0.3, -0.25) is 9.67 Å². The van der Waals surface area contributed by atoms with Gasteiger partial charge in [0.2, 0.25) is 0 Å². The summed E-state index contributed by atoms with van der Waals surface area (Å²) in [6.07, 6.45) is 9.79. The number of rotatable bonds is 4. The molecule has 3 aromatic rings. The number of nitrogen functional groups attached to an aromatic ring is 1. The first kappa shape index (κ1) is 12.4. The Morgan fingerprint density at radius 1 is 1.15 bits per heavy atom. The molecule has 0 atom stereocenters. The molecule has 102 valence electrons. The topological polar surface area (TPSA) is 74.5 Å². The molecule has 0 saturated carbocycles. The second-order valence-electron chi connectivity index (χ2n) is 4.63. The number of hydrogen-bond donors (Lipinski definition) is 1. The van der Waals surface area contributed by atoms with E-state index >= 15 is 0 Å². The number of pyridine rings is 1. The highest BCUT2D eigenvalue weighted by molar-refractivity contribution is 5.72.